The number of nitrogens with zero attached hydrogens (tertiary/aromatic N) is 4. The molecular weight excluding hydrogens is 476 g/mol. The smallest absolute Gasteiger partial charge is 0.414 e. The molecular formula is C27H34N4O6. The fourth-order valence-electron chi connectivity index (χ4n) is 4.06. The van der Waals surface area contributed by atoms with Crippen molar-refractivity contribution >= 4 is 35.4 Å². The van der Waals surface area contributed by atoms with Crippen LogP contribution in [0.25, 0.3) is 11.1 Å². The van der Waals surface area contributed by atoms with E-state index >= 15 is 0 Å². The Bertz CT molecular complexity index is 1180. The largest absolute Gasteiger partial charge is 0.452 e. The average Bonchev–Trinajstić information content (AvgIpc) is 2.86. The Morgan fingerprint density at radius 3 is 2.14 bits per heavy atom. The summed E-state index contributed by atoms with van der Waals surface area (Å²) in [7, 11) is 6.19. The van der Waals surface area contributed by atoms with E-state index in [2.05, 4.69) is 0 Å². The first-order valence-electron chi connectivity index (χ1n) is 12.0. The Kier molecular flexibility index (Phi) is 8.42. The molecule has 0 spiro atoms. The van der Waals surface area contributed by atoms with Crippen molar-refractivity contribution in [1.29, 1.82) is 0 Å². The number of hydrogen-bond acceptors (Lipinski definition) is 6. The van der Waals surface area contributed by atoms with E-state index in [0.717, 1.165) is 11.1 Å². The van der Waals surface area contributed by atoms with Crippen molar-refractivity contribution in [3.05, 3.63) is 48.0 Å². The fourth-order valence-corrected chi connectivity index (χ4v) is 4.06. The molecule has 0 aromatic heterocycles. The van der Waals surface area contributed by atoms with E-state index in [1.165, 1.54) is 26.7 Å². The molecule has 0 radical (unpaired) electrons. The molecule has 1 aliphatic rings. The van der Waals surface area contributed by atoms with Crippen LogP contribution < -0.4 is 9.80 Å². The van der Waals surface area contributed by atoms with E-state index in [0.29, 0.717) is 16.9 Å². The molecule has 3 rings (SSSR count). The van der Waals surface area contributed by atoms with Crippen molar-refractivity contribution in [2.75, 3.05) is 51.1 Å². The van der Waals surface area contributed by atoms with Crippen molar-refractivity contribution in [2.45, 2.75) is 32.9 Å². The second-order valence-corrected chi connectivity index (χ2v) is 9.46. The molecule has 0 fully saturated rings. The Hall–Kier alpha value is -4.08. The Morgan fingerprint density at radius 1 is 0.946 bits per heavy atom. The summed E-state index contributed by atoms with van der Waals surface area (Å²) in [5.74, 6) is -0.435. The number of benzene rings is 2. The highest BCUT2D eigenvalue weighted by molar-refractivity contribution is 6.02. The number of rotatable bonds is 5. The molecule has 0 aliphatic carbocycles. The van der Waals surface area contributed by atoms with Gasteiger partial charge in [-0.15, -0.1) is 0 Å². The van der Waals surface area contributed by atoms with Gasteiger partial charge in [0.1, 0.15) is 0 Å². The summed E-state index contributed by atoms with van der Waals surface area (Å²) in [6.45, 7) is 5.61. The lowest BCUT2D eigenvalue weighted by molar-refractivity contribution is -0.129. The molecule has 0 bridgehead atoms. The van der Waals surface area contributed by atoms with Gasteiger partial charge in [-0.05, 0) is 56.2 Å². The van der Waals surface area contributed by atoms with Crippen LogP contribution in [0.2, 0.25) is 0 Å². The van der Waals surface area contributed by atoms with Gasteiger partial charge in [0, 0.05) is 26.7 Å². The van der Waals surface area contributed by atoms with E-state index in [1.54, 1.807) is 65.3 Å². The number of carbonyl (C=O) groups is 4. The number of carbonyl (C=O) groups excluding carboxylic acids is 4. The van der Waals surface area contributed by atoms with Crippen molar-refractivity contribution in [3.63, 3.8) is 0 Å². The zero-order valence-electron chi connectivity index (χ0n) is 22.3. The lowest BCUT2D eigenvalue weighted by atomic mass is 10.00. The highest BCUT2D eigenvalue weighted by atomic mass is 16.6. The van der Waals surface area contributed by atoms with E-state index < -0.39 is 12.2 Å². The maximum Gasteiger partial charge on any atom is 0.414 e. The van der Waals surface area contributed by atoms with Crippen LogP contribution in [0.1, 0.15) is 31.1 Å². The maximum atomic E-state index is 12.9. The van der Waals surface area contributed by atoms with E-state index in [1.807, 2.05) is 19.1 Å². The van der Waals surface area contributed by atoms with Gasteiger partial charge in [0.15, 0.2) is 0 Å². The van der Waals surface area contributed by atoms with Gasteiger partial charge < -0.3 is 19.3 Å². The minimum Gasteiger partial charge on any atom is -0.452 e. The highest BCUT2D eigenvalue weighted by Crippen LogP contribution is 2.39. The van der Waals surface area contributed by atoms with Crippen LogP contribution >= 0.6 is 0 Å². The summed E-state index contributed by atoms with van der Waals surface area (Å²) in [4.78, 5) is 56.0. The van der Waals surface area contributed by atoms with Gasteiger partial charge in [0.05, 0.1) is 43.7 Å². The summed E-state index contributed by atoms with van der Waals surface area (Å²) >= 11 is 0. The van der Waals surface area contributed by atoms with Gasteiger partial charge in [-0.2, -0.15) is 0 Å². The summed E-state index contributed by atoms with van der Waals surface area (Å²) in [6.07, 6.45) is -1.32. The molecule has 0 saturated heterocycles. The molecule has 10 nitrogen and oxygen atoms in total. The number of fused-ring (bicyclic) bond motifs is 1. The molecule has 1 aliphatic heterocycles. The molecule has 37 heavy (non-hydrogen) atoms. The quantitative estimate of drug-likeness (QED) is 0.606. The molecule has 1 heterocycles. The summed E-state index contributed by atoms with van der Waals surface area (Å²) in [6, 6.07) is 12.1. The van der Waals surface area contributed by atoms with E-state index in [-0.39, 0.29) is 37.0 Å². The summed E-state index contributed by atoms with van der Waals surface area (Å²) < 4.78 is 10.4. The minimum absolute atomic E-state index is 0.0180. The predicted molar refractivity (Wildman–Crippen MR) is 141 cm³/mol. The third-order valence-corrected chi connectivity index (χ3v) is 6.02. The zero-order valence-corrected chi connectivity index (χ0v) is 22.3. The number of amides is 4. The molecule has 1 atom stereocenters. The van der Waals surface area contributed by atoms with Crippen LogP contribution in [0.5, 0.6) is 0 Å². The number of methoxy groups -OCH3 is 1. The number of anilines is 2. The lowest BCUT2D eigenvalue weighted by Gasteiger charge is -2.40. The second kappa shape index (κ2) is 11.3. The molecule has 4 amide bonds. The van der Waals surface area contributed by atoms with Gasteiger partial charge in [0.2, 0.25) is 5.91 Å². The van der Waals surface area contributed by atoms with Crippen LogP contribution in [0.3, 0.4) is 0 Å². The third kappa shape index (κ3) is 6.02. The van der Waals surface area contributed by atoms with Crippen molar-refractivity contribution in [2.24, 2.45) is 0 Å². The highest BCUT2D eigenvalue weighted by Gasteiger charge is 2.36. The fraction of sp³-hybridized carbons (Fsp3) is 0.407. The number of likely N-dealkylation sites (N-methyl/N-ethyl adjacent to an activating group) is 2. The standard InChI is InChI=1S/C27H34N4O6/c1-17(2)37-26(34)30-15-18(3)31(27(35)36-7)22-13-12-21(14-23(22)30)19-8-10-20(11-9-19)25(33)29(6)16-24(32)28(4)5/h8-14,17-18H,15-16H2,1-7H3. The minimum atomic E-state index is -0.516. The molecule has 2 aromatic rings. The van der Waals surface area contributed by atoms with Crippen LogP contribution in [0.4, 0.5) is 21.0 Å². The second-order valence-electron chi connectivity index (χ2n) is 9.46. The van der Waals surface area contributed by atoms with Crippen molar-refractivity contribution in [1.82, 2.24) is 9.80 Å². The Morgan fingerprint density at radius 2 is 1.57 bits per heavy atom. The van der Waals surface area contributed by atoms with Gasteiger partial charge in [-0.1, -0.05) is 18.2 Å². The van der Waals surface area contributed by atoms with Gasteiger partial charge in [-0.3, -0.25) is 19.4 Å². The monoisotopic (exact) mass is 510 g/mol. The van der Waals surface area contributed by atoms with Gasteiger partial charge in [-0.25, -0.2) is 9.59 Å². The molecule has 0 N–H and O–H groups in total. The van der Waals surface area contributed by atoms with E-state index in [4.69, 9.17) is 9.47 Å². The summed E-state index contributed by atoms with van der Waals surface area (Å²) in [5, 5.41) is 0. The Labute approximate surface area is 217 Å². The molecule has 198 valence electrons. The lowest BCUT2D eigenvalue weighted by Crippen LogP contribution is -2.52. The topological polar surface area (TPSA) is 99.7 Å². The maximum absolute atomic E-state index is 12.9. The Balaban J connectivity index is 1.94. The number of ether oxygens (including phenoxy) is 2. The predicted octanol–water partition coefficient (Wildman–Crippen LogP) is 3.84. The average molecular weight is 511 g/mol. The van der Waals surface area contributed by atoms with Crippen LogP contribution in [-0.4, -0.2) is 87.3 Å². The molecule has 2 aromatic carbocycles. The van der Waals surface area contributed by atoms with Crippen LogP contribution in [0.15, 0.2) is 42.5 Å². The number of hydrogen-bond donors (Lipinski definition) is 0. The van der Waals surface area contributed by atoms with Gasteiger partial charge >= 0.3 is 12.2 Å². The van der Waals surface area contributed by atoms with Gasteiger partial charge in [0.25, 0.3) is 5.91 Å². The molecule has 0 saturated carbocycles. The molecule has 1 unspecified atom stereocenters. The normalized spacial score (nSPS) is 14.6. The van der Waals surface area contributed by atoms with Crippen LogP contribution in [-0.2, 0) is 14.3 Å². The third-order valence-electron chi connectivity index (χ3n) is 6.02. The summed E-state index contributed by atoms with van der Waals surface area (Å²) in [5.41, 5.74) is 3.11. The molecule has 10 heteroatoms. The first-order valence-corrected chi connectivity index (χ1v) is 12.0. The first-order chi connectivity index (χ1) is 17.4. The zero-order chi connectivity index (χ0) is 27.4. The first kappa shape index (κ1) is 27.5. The van der Waals surface area contributed by atoms with E-state index in [9.17, 15) is 19.2 Å². The van der Waals surface area contributed by atoms with Crippen LogP contribution in [0, 0.1) is 0 Å². The van der Waals surface area contributed by atoms with Crippen molar-refractivity contribution in [3.8, 4) is 11.1 Å². The van der Waals surface area contributed by atoms with Crippen molar-refractivity contribution < 1.29 is 28.7 Å². The SMILES string of the molecule is COC(=O)N1c2ccc(-c3ccc(C(=O)N(C)CC(=O)N(C)C)cc3)cc2N(C(=O)OC(C)C)CC1C.